The van der Waals surface area contributed by atoms with Crippen molar-refractivity contribution in [2.75, 3.05) is 24.4 Å². The molecule has 0 spiro atoms. The van der Waals surface area contributed by atoms with Crippen LogP contribution in [-0.4, -0.2) is 25.5 Å². The fourth-order valence-electron chi connectivity index (χ4n) is 2.23. The van der Waals surface area contributed by atoms with Gasteiger partial charge in [-0.1, -0.05) is 13.8 Å². The van der Waals surface area contributed by atoms with Crippen molar-refractivity contribution in [3.05, 3.63) is 48.0 Å². The van der Waals surface area contributed by atoms with Crippen LogP contribution in [-0.2, 0) is 4.79 Å². The van der Waals surface area contributed by atoms with E-state index in [-0.39, 0.29) is 11.8 Å². The minimum atomic E-state index is -0.258. The van der Waals surface area contributed by atoms with E-state index in [2.05, 4.69) is 24.5 Å². The maximum absolute atomic E-state index is 12.4. The lowest BCUT2D eigenvalue weighted by atomic mass is 10.1. The fraction of sp³-hybridized carbons (Fsp3) is 0.300. The monoisotopic (exact) mass is 356 g/mol. The summed E-state index contributed by atoms with van der Waals surface area (Å²) in [4.78, 5) is 23.5. The maximum Gasteiger partial charge on any atom is 0.255 e. The van der Waals surface area contributed by atoms with Gasteiger partial charge in [-0.05, 0) is 48.4 Å². The van der Waals surface area contributed by atoms with E-state index >= 15 is 0 Å². The Morgan fingerprint density at radius 1 is 0.962 bits per heavy atom. The molecule has 2 aromatic rings. The van der Waals surface area contributed by atoms with E-state index in [4.69, 9.17) is 9.47 Å². The van der Waals surface area contributed by atoms with Gasteiger partial charge in [0.2, 0.25) is 5.91 Å². The number of ether oxygens (including phenoxy) is 2. The summed E-state index contributed by atoms with van der Waals surface area (Å²) in [5, 5.41) is 5.49. The van der Waals surface area contributed by atoms with Crippen molar-refractivity contribution in [1.29, 1.82) is 0 Å². The van der Waals surface area contributed by atoms with Crippen LogP contribution in [0.2, 0.25) is 0 Å². The summed E-state index contributed by atoms with van der Waals surface area (Å²) in [6, 6.07) is 12.0. The van der Waals surface area contributed by atoms with Crippen LogP contribution in [0.25, 0.3) is 0 Å². The molecular weight excluding hydrogens is 332 g/mol. The quantitative estimate of drug-likeness (QED) is 0.788. The lowest BCUT2D eigenvalue weighted by Crippen LogP contribution is -2.13. The topological polar surface area (TPSA) is 76.7 Å². The normalized spacial score (nSPS) is 10.3. The van der Waals surface area contributed by atoms with Gasteiger partial charge >= 0.3 is 0 Å². The fourth-order valence-corrected chi connectivity index (χ4v) is 2.23. The van der Waals surface area contributed by atoms with Crippen LogP contribution >= 0.6 is 0 Å². The molecule has 6 heteroatoms. The Hall–Kier alpha value is -3.02. The number of amides is 2. The van der Waals surface area contributed by atoms with Crippen molar-refractivity contribution in [2.45, 2.75) is 20.8 Å². The molecule has 2 rings (SSSR count). The lowest BCUT2D eigenvalue weighted by Gasteiger charge is -2.13. The number of anilines is 2. The third-order valence-electron chi connectivity index (χ3n) is 3.46. The van der Waals surface area contributed by atoms with Gasteiger partial charge in [0, 0.05) is 23.9 Å². The molecule has 0 unspecified atom stereocenters. The first-order valence-corrected chi connectivity index (χ1v) is 8.39. The van der Waals surface area contributed by atoms with Crippen molar-refractivity contribution in [2.24, 2.45) is 5.92 Å². The summed E-state index contributed by atoms with van der Waals surface area (Å²) < 4.78 is 11.0. The highest BCUT2D eigenvalue weighted by atomic mass is 16.5. The van der Waals surface area contributed by atoms with Crippen LogP contribution in [0.15, 0.2) is 42.5 Å². The summed E-state index contributed by atoms with van der Waals surface area (Å²) in [6.07, 6.45) is 0. The van der Waals surface area contributed by atoms with E-state index in [0.717, 1.165) is 0 Å². The van der Waals surface area contributed by atoms with Crippen LogP contribution in [0.5, 0.6) is 11.5 Å². The van der Waals surface area contributed by atoms with Crippen LogP contribution in [0.4, 0.5) is 11.4 Å². The second kappa shape index (κ2) is 8.89. The van der Waals surface area contributed by atoms with Crippen molar-refractivity contribution >= 4 is 23.2 Å². The zero-order valence-corrected chi connectivity index (χ0v) is 15.5. The van der Waals surface area contributed by atoms with Crippen LogP contribution < -0.4 is 20.1 Å². The number of carbonyl (C=O) groups is 2. The van der Waals surface area contributed by atoms with Crippen molar-refractivity contribution in [1.82, 2.24) is 0 Å². The summed E-state index contributed by atoms with van der Waals surface area (Å²) in [5.41, 5.74) is 1.76. The summed E-state index contributed by atoms with van der Waals surface area (Å²) in [5.74, 6) is 1.11. The molecule has 0 saturated carbocycles. The second-order valence-corrected chi connectivity index (χ2v) is 6.28. The molecule has 6 nitrogen and oxygen atoms in total. The van der Waals surface area contributed by atoms with Crippen LogP contribution in [0.1, 0.15) is 31.1 Å². The molecule has 0 aliphatic rings. The molecule has 0 heterocycles. The molecule has 2 amide bonds. The van der Waals surface area contributed by atoms with Gasteiger partial charge in [-0.15, -0.1) is 0 Å². The molecule has 0 fully saturated rings. The Morgan fingerprint density at radius 3 is 2.12 bits per heavy atom. The van der Waals surface area contributed by atoms with Gasteiger partial charge in [0.1, 0.15) is 0 Å². The molecule has 0 bridgehead atoms. The zero-order valence-electron chi connectivity index (χ0n) is 15.5. The molecule has 0 saturated heterocycles. The number of benzene rings is 2. The Labute approximate surface area is 153 Å². The molecular formula is C20H24N2O4. The number of carbonyl (C=O) groups excluding carboxylic acids is 2. The smallest absolute Gasteiger partial charge is 0.255 e. The lowest BCUT2D eigenvalue weighted by molar-refractivity contribution is -0.114. The molecule has 0 radical (unpaired) electrons. The van der Waals surface area contributed by atoms with E-state index in [9.17, 15) is 9.59 Å². The Balaban J connectivity index is 2.07. The van der Waals surface area contributed by atoms with Crippen LogP contribution in [0, 0.1) is 5.92 Å². The minimum absolute atomic E-state index is 0.145. The number of hydrogen-bond acceptors (Lipinski definition) is 4. The van der Waals surface area contributed by atoms with Gasteiger partial charge in [-0.25, -0.2) is 0 Å². The highest BCUT2D eigenvalue weighted by Gasteiger charge is 2.12. The molecule has 138 valence electrons. The maximum atomic E-state index is 12.4. The van der Waals surface area contributed by atoms with Gasteiger partial charge in [-0.3, -0.25) is 9.59 Å². The number of methoxy groups -OCH3 is 1. The first-order chi connectivity index (χ1) is 12.4. The van der Waals surface area contributed by atoms with Gasteiger partial charge in [-0.2, -0.15) is 0 Å². The predicted molar refractivity (Wildman–Crippen MR) is 102 cm³/mol. The zero-order chi connectivity index (χ0) is 19.1. The third-order valence-corrected chi connectivity index (χ3v) is 3.46. The van der Waals surface area contributed by atoms with Gasteiger partial charge in [0.05, 0.1) is 13.7 Å². The van der Waals surface area contributed by atoms with E-state index < -0.39 is 0 Å². The van der Waals surface area contributed by atoms with Crippen molar-refractivity contribution in [3.63, 3.8) is 0 Å². The molecule has 0 aromatic heterocycles. The van der Waals surface area contributed by atoms with Crippen molar-refractivity contribution in [3.8, 4) is 11.5 Å². The summed E-state index contributed by atoms with van der Waals surface area (Å²) in [7, 11) is 1.54. The predicted octanol–water partition coefficient (Wildman–Crippen LogP) is 3.94. The van der Waals surface area contributed by atoms with E-state index in [1.165, 1.54) is 6.92 Å². The Bertz CT molecular complexity index is 770. The Kier molecular flexibility index (Phi) is 6.60. The highest BCUT2D eigenvalue weighted by Crippen LogP contribution is 2.29. The average molecular weight is 356 g/mol. The Morgan fingerprint density at radius 2 is 1.58 bits per heavy atom. The number of nitrogens with one attached hydrogen (secondary N) is 2. The standard InChI is InChI=1S/C20H24N2O4/c1-13(2)12-26-18-10-5-15(11-19(18)25-4)20(24)22-17-8-6-16(7-9-17)21-14(3)23/h5-11,13H,12H2,1-4H3,(H,21,23)(H,22,24). The van der Waals surface area contributed by atoms with Crippen LogP contribution in [0.3, 0.4) is 0 Å². The average Bonchev–Trinajstić information content (AvgIpc) is 2.60. The SMILES string of the molecule is COc1cc(C(=O)Nc2ccc(NC(C)=O)cc2)ccc1OCC(C)C. The molecule has 0 aliphatic carbocycles. The molecule has 2 aromatic carbocycles. The molecule has 2 N–H and O–H groups in total. The van der Waals surface area contributed by atoms with E-state index in [0.29, 0.717) is 41.0 Å². The number of rotatable bonds is 7. The summed E-state index contributed by atoms with van der Waals surface area (Å²) >= 11 is 0. The first-order valence-electron chi connectivity index (χ1n) is 8.39. The first kappa shape index (κ1) is 19.3. The number of hydrogen-bond donors (Lipinski definition) is 2. The molecule has 26 heavy (non-hydrogen) atoms. The molecule has 0 atom stereocenters. The highest BCUT2D eigenvalue weighted by molar-refractivity contribution is 6.04. The minimum Gasteiger partial charge on any atom is -0.493 e. The molecule has 0 aliphatic heterocycles. The third kappa shape index (κ3) is 5.51. The van der Waals surface area contributed by atoms with Gasteiger partial charge in [0.15, 0.2) is 11.5 Å². The van der Waals surface area contributed by atoms with Crippen molar-refractivity contribution < 1.29 is 19.1 Å². The second-order valence-electron chi connectivity index (χ2n) is 6.28. The van der Waals surface area contributed by atoms with E-state index in [1.807, 2.05) is 0 Å². The van der Waals surface area contributed by atoms with Gasteiger partial charge in [0.25, 0.3) is 5.91 Å². The largest absolute Gasteiger partial charge is 0.493 e. The summed E-state index contributed by atoms with van der Waals surface area (Å²) in [6.45, 7) is 6.14. The van der Waals surface area contributed by atoms with Gasteiger partial charge < -0.3 is 20.1 Å². The van der Waals surface area contributed by atoms with E-state index in [1.54, 1.807) is 49.6 Å².